The molecule has 0 radical (unpaired) electrons. The van der Waals surface area contributed by atoms with E-state index in [0.29, 0.717) is 29.2 Å². The predicted octanol–water partition coefficient (Wildman–Crippen LogP) is 3.52. The van der Waals surface area contributed by atoms with Gasteiger partial charge in [-0.25, -0.2) is 4.79 Å². The van der Waals surface area contributed by atoms with Crippen molar-refractivity contribution in [1.82, 2.24) is 4.90 Å². The molecule has 2 aliphatic rings. The average Bonchev–Trinajstić information content (AvgIpc) is 2.58. The number of esters is 1. The number of carbonyl (C=O) groups is 3. The molecule has 0 N–H and O–H groups in total. The first-order valence-corrected chi connectivity index (χ1v) is 8.74. The quantitative estimate of drug-likeness (QED) is 0.605. The zero-order chi connectivity index (χ0) is 18.2. The molecule has 2 unspecified atom stereocenters. The fourth-order valence-corrected chi connectivity index (χ4v) is 4.01. The van der Waals surface area contributed by atoms with Gasteiger partial charge < -0.3 is 14.4 Å². The Balaban J connectivity index is 2.21. The first-order chi connectivity index (χ1) is 11.9. The second-order valence-electron chi connectivity index (χ2n) is 6.39. The van der Waals surface area contributed by atoms with Crippen LogP contribution in [0, 0.1) is 5.41 Å². The molecular formula is C18H20ClNO5. The SMILES string of the molecule is CCOC(=O)C1(C2c3cc(Cl)ccc3OC(=O)N2C)CCCCC1=O. The van der Waals surface area contributed by atoms with Crippen LogP contribution in [-0.2, 0) is 14.3 Å². The van der Waals surface area contributed by atoms with E-state index >= 15 is 0 Å². The normalized spacial score (nSPS) is 26.0. The molecule has 0 bridgehead atoms. The summed E-state index contributed by atoms with van der Waals surface area (Å²) >= 11 is 6.13. The number of ether oxygens (including phenoxy) is 2. The highest BCUT2D eigenvalue weighted by Crippen LogP contribution is 2.51. The van der Waals surface area contributed by atoms with Gasteiger partial charge in [-0.3, -0.25) is 9.59 Å². The maximum absolute atomic E-state index is 13.0. The number of nitrogens with zero attached hydrogens (tertiary/aromatic N) is 1. The van der Waals surface area contributed by atoms with Crippen molar-refractivity contribution in [3.8, 4) is 5.75 Å². The fourth-order valence-electron chi connectivity index (χ4n) is 3.83. The van der Waals surface area contributed by atoms with Gasteiger partial charge in [0.25, 0.3) is 0 Å². The monoisotopic (exact) mass is 365 g/mol. The van der Waals surface area contributed by atoms with Crippen LogP contribution < -0.4 is 4.74 Å². The number of halogens is 1. The molecule has 0 saturated heterocycles. The van der Waals surface area contributed by atoms with Gasteiger partial charge in [0.05, 0.1) is 12.6 Å². The van der Waals surface area contributed by atoms with Crippen molar-refractivity contribution in [3.63, 3.8) is 0 Å². The summed E-state index contributed by atoms with van der Waals surface area (Å²) in [6, 6.07) is 4.04. The smallest absolute Gasteiger partial charge is 0.415 e. The Kier molecular flexibility index (Phi) is 4.73. The van der Waals surface area contributed by atoms with Crippen LogP contribution in [0.5, 0.6) is 5.75 Å². The number of hydrogen-bond acceptors (Lipinski definition) is 5. The minimum Gasteiger partial charge on any atom is -0.465 e. The van der Waals surface area contributed by atoms with Crippen molar-refractivity contribution < 1.29 is 23.9 Å². The van der Waals surface area contributed by atoms with Gasteiger partial charge in [0.2, 0.25) is 0 Å². The van der Waals surface area contributed by atoms with Crippen molar-refractivity contribution in [2.24, 2.45) is 5.41 Å². The van der Waals surface area contributed by atoms with Crippen molar-refractivity contribution >= 4 is 29.4 Å². The Morgan fingerprint density at radius 2 is 2.16 bits per heavy atom. The lowest BCUT2D eigenvalue weighted by atomic mass is 9.65. The van der Waals surface area contributed by atoms with E-state index in [0.717, 1.165) is 6.42 Å². The number of hydrogen-bond donors (Lipinski definition) is 0. The van der Waals surface area contributed by atoms with Gasteiger partial charge in [-0.05, 0) is 38.0 Å². The van der Waals surface area contributed by atoms with Crippen LogP contribution in [0.2, 0.25) is 5.02 Å². The summed E-state index contributed by atoms with van der Waals surface area (Å²) in [6.45, 7) is 1.86. The minimum atomic E-state index is -1.43. The highest BCUT2D eigenvalue weighted by atomic mass is 35.5. The average molecular weight is 366 g/mol. The molecule has 1 aliphatic carbocycles. The van der Waals surface area contributed by atoms with Gasteiger partial charge in [0.15, 0.2) is 11.2 Å². The van der Waals surface area contributed by atoms with Crippen LogP contribution in [0.15, 0.2) is 18.2 Å². The van der Waals surface area contributed by atoms with Crippen molar-refractivity contribution in [3.05, 3.63) is 28.8 Å². The van der Waals surface area contributed by atoms with E-state index in [2.05, 4.69) is 0 Å². The summed E-state index contributed by atoms with van der Waals surface area (Å²) in [6.07, 6.45) is 1.44. The summed E-state index contributed by atoms with van der Waals surface area (Å²) < 4.78 is 10.6. The first-order valence-electron chi connectivity index (χ1n) is 8.36. The van der Waals surface area contributed by atoms with Crippen LogP contribution in [0.25, 0.3) is 0 Å². The number of carbonyl (C=O) groups excluding carboxylic acids is 3. The maximum atomic E-state index is 13.0. The third kappa shape index (κ3) is 2.78. The molecular weight excluding hydrogens is 346 g/mol. The van der Waals surface area contributed by atoms with Gasteiger partial charge >= 0.3 is 12.1 Å². The minimum absolute atomic E-state index is 0.164. The number of amides is 1. The van der Waals surface area contributed by atoms with Crippen LogP contribution in [0.3, 0.4) is 0 Å². The van der Waals surface area contributed by atoms with E-state index < -0.39 is 23.5 Å². The molecule has 1 aromatic rings. The lowest BCUT2D eigenvalue weighted by molar-refractivity contribution is -0.167. The lowest BCUT2D eigenvalue weighted by Gasteiger charge is -2.45. The van der Waals surface area contributed by atoms with Crippen molar-refractivity contribution in [2.45, 2.75) is 38.6 Å². The first kappa shape index (κ1) is 17.7. The zero-order valence-corrected chi connectivity index (χ0v) is 15.0. The molecule has 0 aromatic heterocycles. The number of ketones is 1. The van der Waals surface area contributed by atoms with Gasteiger partial charge in [0, 0.05) is 24.1 Å². The van der Waals surface area contributed by atoms with Gasteiger partial charge in [-0.2, -0.15) is 0 Å². The molecule has 134 valence electrons. The molecule has 7 heteroatoms. The number of rotatable bonds is 3. The molecule has 1 heterocycles. The topological polar surface area (TPSA) is 72.9 Å². The van der Waals surface area contributed by atoms with E-state index in [1.807, 2.05) is 0 Å². The molecule has 25 heavy (non-hydrogen) atoms. The molecule has 0 spiro atoms. The largest absolute Gasteiger partial charge is 0.465 e. The van der Waals surface area contributed by atoms with E-state index in [-0.39, 0.29) is 18.8 Å². The molecule has 1 aromatic carbocycles. The van der Waals surface area contributed by atoms with E-state index in [1.165, 1.54) is 11.9 Å². The predicted molar refractivity (Wildman–Crippen MR) is 90.5 cm³/mol. The maximum Gasteiger partial charge on any atom is 0.415 e. The summed E-state index contributed by atoms with van der Waals surface area (Å²) in [5, 5.41) is 0.442. The number of fused-ring (bicyclic) bond motifs is 1. The summed E-state index contributed by atoms with van der Waals surface area (Å²) in [5.41, 5.74) is -0.875. The van der Waals surface area contributed by atoms with Crippen LogP contribution in [0.1, 0.15) is 44.2 Å². The molecule has 3 rings (SSSR count). The van der Waals surface area contributed by atoms with Gasteiger partial charge in [-0.1, -0.05) is 18.0 Å². The Morgan fingerprint density at radius 1 is 1.40 bits per heavy atom. The van der Waals surface area contributed by atoms with Crippen LogP contribution >= 0.6 is 11.6 Å². The molecule has 2 atom stereocenters. The highest BCUT2D eigenvalue weighted by Gasteiger charge is 2.58. The van der Waals surface area contributed by atoms with Crippen molar-refractivity contribution in [2.75, 3.05) is 13.7 Å². The van der Waals surface area contributed by atoms with Gasteiger partial charge in [0.1, 0.15) is 5.75 Å². The van der Waals surface area contributed by atoms with Gasteiger partial charge in [-0.15, -0.1) is 0 Å². The molecule has 1 amide bonds. The summed E-state index contributed by atoms with van der Waals surface area (Å²) in [4.78, 5) is 39.5. The lowest BCUT2D eigenvalue weighted by Crippen LogP contribution is -2.55. The van der Waals surface area contributed by atoms with Crippen LogP contribution in [-0.4, -0.2) is 36.4 Å². The van der Waals surface area contributed by atoms with E-state index in [9.17, 15) is 14.4 Å². The molecule has 6 nitrogen and oxygen atoms in total. The Morgan fingerprint density at radius 3 is 2.84 bits per heavy atom. The standard InChI is InChI=1S/C18H20ClNO5/c1-3-24-16(22)18(9-5-4-6-14(18)21)15-12-10-11(19)7-8-13(12)25-17(23)20(15)2/h7-8,10,15H,3-6,9H2,1-2H3. The molecule has 1 saturated carbocycles. The second-order valence-corrected chi connectivity index (χ2v) is 6.82. The third-order valence-electron chi connectivity index (χ3n) is 4.97. The fraction of sp³-hybridized carbons (Fsp3) is 0.500. The molecule has 1 aliphatic heterocycles. The number of benzene rings is 1. The Hall–Kier alpha value is -2.08. The van der Waals surface area contributed by atoms with Crippen molar-refractivity contribution in [1.29, 1.82) is 0 Å². The third-order valence-corrected chi connectivity index (χ3v) is 5.20. The summed E-state index contributed by atoms with van der Waals surface area (Å²) in [5.74, 6) is -0.466. The highest BCUT2D eigenvalue weighted by molar-refractivity contribution is 6.30. The summed E-state index contributed by atoms with van der Waals surface area (Å²) in [7, 11) is 1.53. The Labute approximate surface area is 151 Å². The second kappa shape index (κ2) is 6.67. The molecule has 1 fully saturated rings. The Bertz CT molecular complexity index is 734. The van der Waals surface area contributed by atoms with E-state index in [1.54, 1.807) is 25.1 Å². The zero-order valence-electron chi connectivity index (χ0n) is 14.2. The van der Waals surface area contributed by atoms with E-state index in [4.69, 9.17) is 21.1 Å². The number of Topliss-reactive ketones (excluding diaryl/α,β-unsaturated/α-hetero) is 1. The van der Waals surface area contributed by atoms with Crippen LogP contribution in [0.4, 0.5) is 4.79 Å².